The first kappa shape index (κ1) is 12.3. The van der Waals surface area contributed by atoms with Gasteiger partial charge in [-0.1, -0.05) is 0 Å². The molecule has 3 rings (SSSR count). The topological polar surface area (TPSA) is 66.5 Å². The van der Waals surface area contributed by atoms with Gasteiger partial charge in [0.25, 0.3) is 0 Å². The highest BCUT2D eigenvalue weighted by Crippen LogP contribution is 2.28. The molecule has 0 bridgehead atoms. The van der Waals surface area contributed by atoms with E-state index in [9.17, 15) is 0 Å². The zero-order valence-corrected chi connectivity index (χ0v) is 11.4. The summed E-state index contributed by atoms with van der Waals surface area (Å²) in [6, 6.07) is 2.16. The highest BCUT2D eigenvalue weighted by molar-refractivity contribution is 5.64. The molecule has 0 aromatic carbocycles. The fourth-order valence-electron chi connectivity index (χ4n) is 2.77. The standard InChI is InChI=1S/C14H19N5/c1-9-14(10(2)17-8-16-9)13-7-12(18-19-13)11-3-5-15-6-4-11/h7-8,11,15H,3-6H2,1-2H3,(H,18,19). The molecule has 3 heterocycles. The molecule has 100 valence electrons. The van der Waals surface area contributed by atoms with Gasteiger partial charge in [0.05, 0.1) is 17.1 Å². The number of piperidine rings is 1. The van der Waals surface area contributed by atoms with Gasteiger partial charge in [-0.05, 0) is 45.8 Å². The van der Waals surface area contributed by atoms with E-state index in [1.807, 2.05) is 13.8 Å². The summed E-state index contributed by atoms with van der Waals surface area (Å²) < 4.78 is 0. The number of nitrogens with one attached hydrogen (secondary N) is 2. The first-order chi connectivity index (χ1) is 9.25. The Bertz CT molecular complexity index is 549. The van der Waals surface area contributed by atoms with Gasteiger partial charge in [0.15, 0.2) is 0 Å². The predicted octanol–water partition coefficient (Wildman–Crippen LogP) is 1.95. The van der Waals surface area contributed by atoms with Crippen LogP contribution in [0.5, 0.6) is 0 Å². The van der Waals surface area contributed by atoms with E-state index in [1.165, 1.54) is 18.5 Å². The van der Waals surface area contributed by atoms with Gasteiger partial charge in [-0.25, -0.2) is 9.97 Å². The van der Waals surface area contributed by atoms with Crippen LogP contribution >= 0.6 is 0 Å². The summed E-state index contributed by atoms with van der Waals surface area (Å²) in [5.41, 5.74) is 5.22. The number of H-pyrrole nitrogens is 1. The molecule has 1 saturated heterocycles. The summed E-state index contributed by atoms with van der Waals surface area (Å²) >= 11 is 0. The molecule has 0 aliphatic carbocycles. The van der Waals surface area contributed by atoms with E-state index in [-0.39, 0.29) is 0 Å². The lowest BCUT2D eigenvalue weighted by Crippen LogP contribution is -2.26. The molecule has 5 heteroatoms. The Morgan fingerprint density at radius 2 is 1.79 bits per heavy atom. The van der Waals surface area contributed by atoms with Crippen LogP contribution in [0.2, 0.25) is 0 Å². The lowest BCUT2D eigenvalue weighted by atomic mass is 9.94. The third-order valence-corrected chi connectivity index (χ3v) is 3.86. The molecule has 0 spiro atoms. The molecular weight excluding hydrogens is 238 g/mol. The SMILES string of the molecule is Cc1ncnc(C)c1-c1cc(C2CCNCC2)[nH]n1. The van der Waals surface area contributed by atoms with Crippen molar-refractivity contribution < 1.29 is 0 Å². The Kier molecular flexibility index (Phi) is 3.29. The second-order valence-electron chi connectivity index (χ2n) is 5.15. The highest BCUT2D eigenvalue weighted by atomic mass is 15.1. The van der Waals surface area contributed by atoms with Crippen LogP contribution in [-0.4, -0.2) is 33.3 Å². The third kappa shape index (κ3) is 2.38. The number of hydrogen-bond donors (Lipinski definition) is 2. The quantitative estimate of drug-likeness (QED) is 0.863. The maximum Gasteiger partial charge on any atom is 0.115 e. The molecular formula is C14H19N5. The van der Waals surface area contributed by atoms with Crippen molar-refractivity contribution in [2.24, 2.45) is 0 Å². The van der Waals surface area contributed by atoms with Crippen LogP contribution in [0.1, 0.15) is 35.8 Å². The minimum Gasteiger partial charge on any atom is -0.317 e. The molecule has 5 nitrogen and oxygen atoms in total. The number of aromatic amines is 1. The second-order valence-corrected chi connectivity index (χ2v) is 5.15. The molecule has 1 aliphatic heterocycles. The fourth-order valence-corrected chi connectivity index (χ4v) is 2.77. The van der Waals surface area contributed by atoms with Gasteiger partial charge in [0.1, 0.15) is 6.33 Å². The van der Waals surface area contributed by atoms with Crippen molar-refractivity contribution in [1.82, 2.24) is 25.5 Å². The van der Waals surface area contributed by atoms with Gasteiger partial charge in [-0.15, -0.1) is 0 Å². The summed E-state index contributed by atoms with van der Waals surface area (Å²) in [5, 5.41) is 11.0. The maximum absolute atomic E-state index is 4.46. The summed E-state index contributed by atoms with van der Waals surface area (Å²) in [6.45, 7) is 6.18. The molecule has 2 aromatic rings. The largest absolute Gasteiger partial charge is 0.317 e. The average Bonchev–Trinajstić information content (AvgIpc) is 2.89. The molecule has 1 aliphatic rings. The minimum atomic E-state index is 0.591. The van der Waals surface area contributed by atoms with E-state index in [0.29, 0.717) is 5.92 Å². The van der Waals surface area contributed by atoms with Gasteiger partial charge in [-0.2, -0.15) is 5.10 Å². The summed E-state index contributed by atoms with van der Waals surface area (Å²) in [5.74, 6) is 0.591. The lowest BCUT2D eigenvalue weighted by molar-refractivity contribution is 0.453. The molecule has 0 atom stereocenters. The molecule has 0 unspecified atom stereocenters. The number of aryl methyl sites for hydroxylation is 2. The molecule has 0 radical (unpaired) electrons. The van der Waals surface area contributed by atoms with Crippen LogP contribution in [0, 0.1) is 13.8 Å². The zero-order chi connectivity index (χ0) is 13.2. The van der Waals surface area contributed by atoms with Crippen molar-refractivity contribution in [3.8, 4) is 11.3 Å². The number of nitrogens with zero attached hydrogens (tertiary/aromatic N) is 3. The van der Waals surface area contributed by atoms with Gasteiger partial charge >= 0.3 is 0 Å². The first-order valence-electron chi connectivity index (χ1n) is 6.80. The van der Waals surface area contributed by atoms with E-state index in [0.717, 1.165) is 35.7 Å². The number of aromatic nitrogens is 4. The van der Waals surface area contributed by atoms with E-state index in [4.69, 9.17) is 0 Å². The Morgan fingerprint density at radius 1 is 1.11 bits per heavy atom. The van der Waals surface area contributed by atoms with E-state index >= 15 is 0 Å². The molecule has 19 heavy (non-hydrogen) atoms. The Balaban J connectivity index is 1.92. The van der Waals surface area contributed by atoms with Crippen molar-refractivity contribution >= 4 is 0 Å². The maximum atomic E-state index is 4.46. The Labute approximate surface area is 112 Å². The van der Waals surface area contributed by atoms with Crippen molar-refractivity contribution in [3.63, 3.8) is 0 Å². The molecule has 2 N–H and O–H groups in total. The highest BCUT2D eigenvalue weighted by Gasteiger charge is 2.19. The van der Waals surface area contributed by atoms with Gasteiger partial charge in [-0.3, -0.25) is 5.10 Å². The van der Waals surface area contributed by atoms with Crippen molar-refractivity contribution in [3.05, 3.63) is 29.5 Å². The van der Waals surface area contributed by atoms with E-state index in [2.05, 4.69) is 31.5 Å². The smallest absolute Gasteiger partial charge is 0.115 e. The summed E-state index contributed by atoms with van der Waals surface area (Å²) in [7, 11) is 0. The monoisotopic (exact) mass is 257 g/mol. The minimum absolute atomic E-state index is 0.591. The second kappa shape index (κ2) is 5.09. The van der Waals surface area contributed by atoms with Crippen LogP contribution in [0.15, 0.2) is 12.4 Å². The van der Waals surface area contributed by atoms with Crippen LogP contribution in [0.25, 0.3) is 11.3 Å². The van der Waals surface area contributed by atoms with Gasteiger partial charge < -0.3 is 5.32 Å². The Morgan fingerprint density at radius 3 is 2.47 bits per heavy atom. The average molecular weight is 257 g/mol. The molecule has 0 saturated carbocycles. The van der Waals surface area contributed by atoms with Crippen LogP contribution in [0.3, 0.4) is 0 Å². The number of hydrogen-bond acceptors (Lipinski definition) is 4. The lowest BCUT2D eigenvalue weighted by Gasteiger charge is -2.20. The van der Waals surface area contributed by atoms with E-state index in [1.54, 1.807) is 6.33 Å². The molecule has 0 amide bonds. The summed E-state index contributed by atoms with van der Waals surface area (Å²) in [4.78, 5) is 8.53. The van der Waals surface area contributed by atoms with Gasteiger partial charge in [0.2, 0.25) is 0 Å². The third-order valence-electron chi connectivity index (χ3n) is 3.86. The van der Waals surface area contributed by atoms with Gasteiger partial charge in [0, 0.05) is 17.2 Å². The Hall–Kier alpha value is -1.75. The number of rotatable bonds is 2. The van der Waals surface area contributed by atoms with Crippen LogP contribution in [-0.2, 0) is 0 Å². The van der Waals surface area contributed by atoms with Crippen molar-refractivity contribution in [2.45, 2.75) is 32.6 Å². The van der Waals surface area contributed by atoms with Crippen LogP contribution < -0.4 is 5.32 Å². The first-order valence-corrected chi connectivity index (χ1v) is 6.80. The van der Waals surface area contributed by atoms with Crippen LogP contribution in [0.4, 0.5) is 0 Å². The summed E-state index contributed by atoms with van der Waals surface area (Å²) in [6.07, 6.45) is 3.95. The molecule has 2 aromatic heterocycles. The van der Waals surface area contributed by atoms with Crippen molar-refractivity contribution in [2.75, 3.05) is 13.1 Å². The normalized spacial score (nSPS) is 16.7. The fraction of sp³-hybridized carbons (Fsp3) is 0.500. The predicted molar refractivity (Wildman–Crippen MR) is 73.9 cm³/mol. The van der Waals surface area contributed by atoms with E-state index < -0.39 is 0 Å². The molecule has 1 fully saturated rings. The van der Waals surface area contributed by atoms with Crippen molar-refractivity contribution in [1.29, 1.82) is 0 Å². The zero-order valence-electron chi connectivity index (χ0n) is 11.4.